The molecule has 0 N–H and O–H groups in total. The summed E-state index contributed by atoms with van der Waals surface area (Å²) >= 11 is 0. The third-order valence-corrected chi connectivity index (χ3v) is 5.71. The lowest BCUT2D eigenvalue weighted by Crippen LogP contribution is -2.37. The van der Waals surface area contributed by atoms with Crippen LogP contribution in [-0.2, 0) is 6.42 Å². The van der Waals surface area contributed by atoms with Crippen molar-refractivity contribution in [1.82, 2.24) is 4.90 Å². The molecule has 4 nitrogen and oxygen atoms in total. The predicted molar refractivity (Wildman–Crippen MR) is 124 cm³/mol. The molecule has 1 saturated heterocycles. The Labute approximate surface area is 177 Å². The summed E-state index contributed by atoms with van der Waals surface area (Å²) in [5.41, 5.74) is 1.99. The van der Waals surface area contributed by atoms with Crippen LogP contribution in [0.1, 0.15) is 42.6 Å². The Morgan fingerprint density at radius 1 is 1.03 bits per heavy atom. The van der Waals surface area contributed by atoms with Gasteiger partial charge in [-0.15, -0.1) is 9.24 Å². The molecule has 1 aliphatic rings. The van der Waals surface area contributed by atoms with Crippen molar-refractivity contribution >= 4 is 20.3 Å². The maximum atomic E-state index is 13.0. The van der Waals surface area contributed by atoms with Crippen LogP contribution < -0.4 is 14.8 Å². The predicted octanol–water partition coefficient (Wildman–Crippen LogP) is 4.37. The highest BCUT2D eigenvalue weighted by atomic mass is 31.0. The zero-order chi connectivity index (χ0) is 21.2. The molecule has 1 atom stereocenters. The van der Waals surface area contributed by atoms with E-state index in [9.17, 15) is 4.79 Å². The molecule has 0 aromatic heterocycles. The van der Waals surface area contributed by atoms with Gasteiger partial charge in [0.05, 0.1) is 19.8 Å². The molecular formula is C24H34NO3P. The maximum absolute atomic E-state index is 13.0. The smallest absolute Gasteiger partial charge is 0.171 e. The minimum Gasteiger partial charge on any atom is -0.493 e. The van der Waals surface area contributed by atoms with E-state index in [1.807, 2.05) is 32.0 Å². The van der Waals surface area contributed by atoms with Crippen molar-refractivity contribution < 1.29 is 14.3 Å². The molecule has 1 aliphatic heterocycles. The number of ether oxygens (including phenoxy) is 2. The highest BCUT2D eigenvalue weighted by Gasteiger charge is 2.28. The fraction of sp³-hybridized carbons (Fsp3) is 0.458. The minimum absolute atomic E-state index is 0.0543. The largest absolute Gasteiger partial charge is 0.493 e. The second-order valence-corrected chi connectivity index (χ2v) is 7.68. The van der Waals surface area contributed by atoms with Gasteiger partial charge in [0.2, 0.25) is 0 Å². The van der Waals surface area contributed by atoms with E-state index in [4.69, 9.17) is 9.47 Å². The minimum atomic E-state index is 0.0543. The number of Topliss-reactive ketones (excluding diaryl/α,β-unsaturated/α-hetero) is 1. The van der Waals surface area contributed by atoms with Gasteiger partial charge in [-0.25, -0.2) is 0 Å². The van der Waals surface area contributed by atoms with E-state index in [1.54, 1.807) is 14.2 Å². The van der Waals surface area contributed by atoms with Crippen LogP contribution in [0.25, 0.3) is 0 Å². The number of hydrogen-bond donors (Lipinski definition) is 0. The van der Waals surface area contributed by atoms with Crippen molar-refractivity contribution in [3.8, 4) is 11.5 Å². The second-order valence-electron chi connectivity index (χ2n) is 7.01. The van der Waals surface area contributed by atoms with Crippen LogP contribution in [0.5, 0.6) is 11.5 Å². The number of methoxy groups -OCH3 is 2. The summed E-state index contributed by atoms with van der Waals surface area (Å²) in [6.07, 6.45) is 2.83. The average molecular weight is 416 g/mol. The lowest BCUT2D eigenvalue weighted by atomic mass is 9.88. The summed E-state index contributed by atoms with van der Waals surface area (Å²) in [5, 5.41) is 1.21. The molecule has 1 unspecified atom stereocenters. The molecule has 3 rings (SSSR count). The standard InChI is InChI=1S/C22H28NO3P.C2H6/c1-25-20-5-3-4-19(22(20)26-2)21(24)17-11-14-23(15-12-17)13-10-16-6-8-18(27)9-7-16;1-2/h3-9,17H,10-15,27H2,1-2H3;1-2H3. The third-order valence-electron chi connectivity index (χ3n) is 5.32. The summed E-state index contributed by atoms with van der Waals surface area (Å²) in [6.45, 7) is 6.97. The topological polar surface area (TPSA) is 38.8 Å². The van der Waals surface area contributed by atoms with E-state index in [-0.39, 0.29) is 11.7 Å². The zero-order valence-electron chi connectivity index (χ0n) is 18.1. The fourth-order valence-corrected chi connectivity index (χ4v) is 3.88. The molecule has 5 heteroatoms. The van der Waals surface area contributed by atoms with E-state index in [2.05, 4.69) is 38.4 Å². The van der Waals surface area contributed by atoms with Crippen molar-refractivity contribution in [3.05, 3.63) is 53.6 Å². The Kier molecular flexibility index (Phi) is 9.63. The van der Waals surface area contributed by atoms with Crippen LogP contribution in [0.15, 0.2) is 42.5 Å². The third kappa shape index (κ3) is 6.29. The van der Waals surface area contributed by atoms with Gasteiger partial charge in [0.1, 0.15) is 0 Å². The van der Waals surface area contributed by atoms with Crippen LogP contribution in [0.4, 0.5) is 0 Å². The SMILES string of the molecule is CC.COc1cccc(C(=O)C2CCN(CCc3ccc(P)cc3)CC2)c1OC. The number of carbonyl (C=O) groups excluding carboxylic acids is 1. The van der Waals surface area contributed by atoms with Crippen molar-refractivity contribution in [3.63, 3.8) is 0 Å². The van der Waals surface area contributed by atoms with Crippen molar-refractivity contribution in [2.75, 3.05) is 33.9 Å². The molecular weight excluding hydrogens is 381 g/mol. The van der Waals surface area contributed by atoms with E-state index in [1.165, 1.54) is 10.9 Å². The van der Waals surface area contributed by atoms with Crippen LogP contribution in [0.2, 0.25) is 0 Å². The molecule has 0 amide bonds. The lowest BCUT2D eigenvalue weighted by molar-refractivity contribution is 0.0837. The van der Waals surface area contributed by atoms with E-state index in [0.717, 1.165) is 38.9 Å². The molecule has 0 saturated carbocycles. The van der Waals surface area contributed by atoms with Crippen LogP contribution in [0, 0.1) is 5.92 Å². The van der Waals surface area contributed by atoms with Gasteiger partial charge in [0.25, 0.3) is 0 Å². The number of ketones is 1. The van der Waals surface area contributed by atoms with Gasteiger partial charge in [0, 0.05) is 12.5 Å². The molecule has 2 aromatic rings. The summed E-state index contributed by atoms with van der Waals surface area (Å²) in [5.74, 6) is 1.38. The van der Waals surface area contributed by atoms with Crippen LogP contribution in [0.3, 0.4) is 0 Å². The first-order valence-electron chi connectivity index (χ1n) is 10.4. The van der Waals surface area contributed by atoms with Gasteiger partial charge in [-0.3, -0.25) is 4.79 Å². The summed E-state index contributed by atoms with van der Waals surface area (Å²) < 4.78 is 10.8. The Hall–Kier alpha value is -1.90. The quantitative estimate of drug-likeness (QED) is 0.497. The molecule has 0 bridgehead atoms. The average Bonchev–Trinajstić information content (AvgIpc) is 2.79. The highest BCUT2D eigenvalue weighted by Crippen LogP contribution is 2.34. The van der Waals surface area contributed by atoms with Gasteiger partial charge in [-0.1, -0.05) is 44.2 Å². The molecule has 1 heterocycles. The molecule has 0 aliphatic carbocycles. The number of hydrogen-bond acceptors (Lipinski definition) is 4. The van der Waals surface area contributed by atoms with Crippen molar-refractivity contribution in [2.24, 2.45) is 5.92 Å². The molecule has 0 spiro atoms. The molecule has 158 valence electrons. The zero-order valence-corrected chi connectivity index (χ0v) is 19.3. The number of carbonyl (C=O) groups is 1. The summed E-state index contributed by atoms with van der Waals surface area (Å²) in [6, 6.07) is 14.2. The van der Waals surface area contributed by atoms with E-state index < -0.39 is 0 Å². The number of likely N-dealkylation sites (tertiary alicyclic amines) is 1. The van der Waals surface area contributed by atoms with Gasteiger partial charge in [0.15, 0.2) is 17.3 Å². The van der Waals surface area contributed by atoms with E-state index >= 15 is 0 Å². The van der Waals surface area contributed by atoms with Crippen molar-refractivity contribution in [2.45, 2.75) is 33.1 Å². The summed E-state index contributed by atoms with van der Waals surface area (Å²) in [7, 11) is 5.90. The second kappa shape index (κ2) is 11.9. The molecule has 0 radical (unpaired) electrons. The number of rotatable bonds is 7. The Bertz CT molecular complexity index is 768. The monoisotopic (exact) mass is 415 g/mol. The summed E-state index contributed by atoms with van der Waals surface area (Å²) in [4.78, 5) is 15.5. The first-order valence-corrected chi connectivity index (χ1v) is 11.0. The first kappa shape index (κ1) is 23.4. The number of para-hydroxylation sites is 1. The first-order chi connectivity index (χ1) is 14.1. The molecule has 2 aromatic carbocycles. The van der Waals surface area contributed by atoms with Crippen LogP contribution in [-0.4, -0.2) is 44.5 Å². The number of piperidine rings is 1. The Balaban J connectivity index is 0.00000145. The number of benzene rings is 2. The van der Waals surface area contributed by atoms with E-state index in [0.29, 0.717) is 17.1 Å². The fourth-order valence-electron chi connectivity index (χ4n) is 3.69. The number of nitrogens with zero attached hydrogens (tertiary/aromatic N) is 1. The van der Waals surface area contributed by atoms with Gasteiger partial charge in [-0.2, -0.15) is 0 Å². The molecule has 1 fully saturated rings. The lowest BCUT2D eigenvalue weighted by Gasteiger charge is -2.31. The normalized spacial score (nSPS) is 14.7. The maximum Gasteiger partial charge on any atom is 0.171 e. The van der Waals surface area contributed by atoms with Gasteiger partial charge >= 0.3 is 0 Å². The van der Waals surface area contributed by atoms with Gasteiger partial charge in [-0.05, 0) is 55.4 Å². The highest BCUT2D eigenvalue weighted by molar-refractivity contribution is 7.27. The Morgan fingerprint density at radius 2 is 1.69 bits per heavy atom. The Morgan fingerprint density at radius 3 is 2.28 bits per heavy atom. The van der Waals surface area contributed by atoms with Gasteiger partial charge < -0.3 is 14.4 Å². The van der Waals surface area contributed by atoms with Crippen LogP contribution >= 0.6 is 9.24 Å². The molecule has 29 heavy (non-hydrogen) atoms. The van der Waals surface area contributed by atoms with Crippen molar-refractivity contribution in [1.29, 1.82) is 0 Å².